The van der Waals surface area contributed by atoms with Crippen LogP contribution in [0.1, 0.15) is 6.92 Å². The van der Waals surface area contributed by atoms with Gasteiger partial charge in [-0.1, -0.05) is 6.07 Å². The molecule has 0 bridgehead atoms. The Bertz CT molecular complexity index is 1030. The molecule has 1 saturated heterocycles. The fourth-order valence-corrected chi connectivity index (χ4v) is 5.83. The Labute approximate surface area is 164 Å². The largest absolute Gasteiger partial charge is 0.494 e. The first-order valence-corrected chi connectivity index (χ1v) is 11.6. The standard InChI is InChI=1S/C18H21FN2O5S2/c1-2-26-16-6-8-17(9-7-16)27(22,23)20-10-12-21(13-11-20)28(24,25)18-5-3-4-15(19)14-18/h3-9,14H,2,10-13H2,1H3. The first kappa shape index (κ1) is 20.7. The van der Waals surface area contributed by atoms with Gasteiger partial charge in [-0.3, -0.25) is 0 Å². The second-order valence-electron chi connectivity index (χ2n) is 6.17. The molecule has 0 amide bonds. The molecule has 152 valence electrons. The number of hydrogen-bond donors (Lipinski definition) is 0. The van der Waals surface area contributed by atoms with Crippen molar-refractivity contribution in [1.29, 1.82) is 0 Å². The van der Waals surface area contributed by atoms with Crippen molar-refractivity contribution in [1.82, 2.24) is 8.61 Å². The maximum atomic E-state index is 13.4. The van der Waals surface area contributed by atoms with E-state index >= 15 is 0 Å². The molecule has 0 N–H and O–H groups in total. The van der Waals surface area contributed by atoms with Gasteiger partial charge in [-0.2, -0.15) is 8.61 Å². The molecule has 1 aliphatic rings. The van der Waals surface area contributed by atoms with Crippen LogP contribution in [0.5, 0.6) is 5.75 Å². The third-order valence-corrected chi connectivity index (χ3v) is 8.21. The molecule has 3 rings (SSSR count). The molecule has 10 heteroatoms. The Balaban J connectivity index is 1.72. The van der Waals surface area contributed by atoms with Gasteiger partial charge in [0.05, 0.1) is 16.4 Å². The van der Waals surface area contributed by atoms with Gasteiger partial charge in [-0.05, 0) is 49.4 Å². The lowest BCUT2D eigenvalue weighted by atomic mass is 10.3. The van der Waals surface area contributed by atoms with E-state index in [0.29, 0.717) is 12.4 Å². The molecule has 0 spiro atoms. The summed E-state index contributed by atoms with van der Waals surface area (Å²) in [6, 6.07) is 10.9. The van der Waals surface area contributed by atoms with Crippen molar-refractivity contribution < 1.29 is 26.0 Å². The maximum absolute atomic E-state index is 13.4. The number of piperazine rings is 1. The van der Waals surface area contributed by atoms with E-state index in [4.69, 9.17) is 4.74 Å². The zero-order valence-electron chi connectivity index (χ0n) is 15.3. The summed E-state index contributed by atoms with van der Waals surface area (Å²) >= 11 is 0. The van der Waals surface area contributed by atoms with E-state index in [9.17, 15) is 21.2 Å². The maximum Gasteiger partial charge on any atom is 0.243 e. The highest BCUT2D eigenvalue weighted by atomic mass is 32.2. The lowest BCUT2D eigenvalue weighted by Crippen LogP contribution is -2.50. The topological polar surface area (TPSA) is 84.0 Å². The van der Waals surface area contributed by atoms with Gasteiger partial charge in [0.1, 0.15) is 11.6 Å². The molecule has 2 aromatic rings. The Morgan fingerprint density at radius 1 is 0.857 bits per heavy atom. The second kappa shape index (κ2) is 8.16. The van der Waals surface area contributed by atoms with E-state index in [-0.39, 0.29) is 36.0 Å². The quantitative estimate of drug-likeness (QED) is 0.702. The zero-order valence-corrected chi connectivity index (χ0v) is 16.9. The summed E-state index contributed by atoms with van der Waals surface area (Å²) in [7, 11) is -7.61. The number of sulfonamides is 2. The SMILES string of the molecule is CCOc1ccc(S(=O)(=O)N2CCN(S(=O)(=O)c3cccc(F)c3)CC2)cc1. The Morgan fingerprint density at radius 2 is 1.39 bits per heavy atom. The third kappa shape index (κ3) is 4.19. The minimum absolute atomic E-state index is 0.00486. The summed E-state index contributed by atoms with van der Waals surface area (Å²) in [6.07, 6.45) is 0. The van der Waals surface area contributed by atoms with Gasteiger partial charge in [0.15, 0.2) is 0 Å². The first-order chi connectivity index (χ1) is 13.2. The number of halogens is 1. The van der Waals surface area contributed by atoms with Crippen molar-refractivity contribution in [3.8, 4) is 5.75 Å². The average Bonchev–Trinajstić information content (AvgIpc) is 2.69. The number of benzene rings is 2. The molecule has 2 aromatic carbocycles. The van der Waals surface area contributed by atoms with Crippen LogP contribution in [0.15, 0.2) is 58.3 Å². The number of hydrogen-bond acceptors (Lipinski definition) is 5. The first-order valence-electron chi connectivity index (χ1n) is 8.74. The van der Waals surface area contributed by atoms with Crippen LogP contribution in [0.4, 0.5) is 4.39 Å². The Hall–Kier alpha value is -2.01. The molecule has 0 aliphatic carbocycles. The summed E-state index contributed by atoms with van der Waals surface area (Å²) in [5.74, 6) is -0.0646. The summed E-state index contributed by atoms with van der Waals surface area (Å²) in [6.45, 7) is 2.34. The highest BCUT2D eigenvalue weighted by Crippen LogP contribution is 2.23. The van der Waals surface area contributed by atoms with Crippen LogP contribution >= 0.6 is 0 Å². The molecular formula is C18H21FN2O5S2. The van der Waals surface area contributed by atoms with Gasteiger partial charge in [-0.25, -0.2) is 21.2 Å². The molecule has 1 heterocycles. The molecular weight excluding hydrogens is 407 g/mol. The predicted octanol–water partition coefficient (Wildman–Crippen LogP) is 1.92. The molecule has 0 aromatic heterocycles. The third-order valence-electron chi connectivity index (χ3n) is 4.40. The number of ether oxygens (including phenoxy) is 1. The van der Waals surface area contributed by atoms with Gasteiger partial charge < -0.3 is 4.74 Å². The fraction of sp³-hybridized carbons (Fsp3) is 0.333. The summed E-state index contributed by atoms with van der Waals surface area (Å²) in [4.78, 5) is -0.0206. The molecule has 0 unspecified atom stereocenters. The van der Waals surface area contributed by atoms with Crippen molar-refractivity contribution in [2.75, 3.05) is 32.8 Å². The highest BCUT2D eigenvalue weighted by molar-refractivity contribution is 7.89. The lowest BCUT2D eigenvalue weighted by molar-refractivity contribution is 0.272. The summed E-state index contributed by atoms with van der Waals surface area (Å²) < 4.78 is 72.0. The van der Waals surface area contributed by atoms with Gasteiger partial charge in [0, 0.05) is 26.2 Å². The van der Waals surface area contributed by atoms with E-state index in [2.05, 4.69) is 0 Å². The van der Waals surface area contributed by atoms with Crippen LogP contribution in [-0.2, 0) is 20.0 Å². The van der Waals surface area contributed by atoms with E-state index in [1.165, 1.54) is 38.9 Å². The minimum atomic E-state index is -3.87. The zero-order chi connectivity index (χ0) is 20.4. The van der Waals surface area contributed by atoms with E-state index in [1.807, 2.05) is 6.92 Å². The van der Waals surface area contributed by atoms with E-state index < -0.39 is 25.9 Å². The molecule has 0 saturated carbocycles. The van der Waals surface area contributed by atoms with Gasteiger partial charge >= 0.3 is 0 Å². The fourth-order valence-electron chi connectivity index (χ4n) is 2.95. The van der Waals surface area contributed by atoms with Gasteiger partial charge in [0.25, 0.3) is 0 Å². The minimum Gasteiger partial charge on any atom is -0.494 e. The molecule has 7 nitrogen and oxygen atoms in total. The van der Waals surface area contributed by atoms with Crippen LogP contribution in [0, 0.1) is 5.82 Å². The molecule has 28 heavy (non-hydrogen) atoms. The molecule has 0 radical (unpaired) electrons. The normalized spacial score (nSPS) is 16.8. The van der Waals surface area contributed by atoms with Crippen molar-refractivity contribution in [3.05, 3.63) is 54.3 Å². The van der Waals surface area contributed by atoms with Crippen LogP contribution in [-0.4, -0.2) is 58.2 Å². The van der Waals surface area contributed by atoms with Crippen LogP contribution in [0.3, 0.4) is 0 Å². The smallest absolute Gasteiger partial charge is 0.243 e. The lowest BCUT2D eigenvalue weighted by Gasteiger charge is -2.33. The van der Waals surface area contributed by atoms with Crippen molar-refractivity contribution in [2.24, 2.45) is 0 Å². The predicted molar refractivity (Wildman–Crippen MR) is 102 cm³/mol. The van der Waals surface area contributed by atoms with Gasteiger partial charge in [0.2, 0.25) is 20.0 Å². The van der Waals surface area contributed by atoms with Crippen molar-refractivity contribution in [2.45, 2.75) is 16.7 Å². The van der Waals surface area contributed by atoms with Crippen LogP contribution in [0.25, 0.3) is 0 Å². The monoisotopic (exact) mass is 428 g/mol. The van der Waals surface area contributed by atoms with Crippen LogP contribution < -0.4 is 4.74 Å². The van der Waals surface area contributed by atoms with E-state index in [1.54, 1.807) is 12.1 Å². The number of nitrogens with zero attached hydrogens (tertiary/aromatic N) is 2. The Kier molecular flexibility index (Phi) is 6.04. The van der Waals surface area contributed by atoms with Crippen LogP contribution in [0.2, 0.25) is 0 Å². The van der Waals surface area contributed by atoms with E-state index in [0.717, 1.165) is 6.07 Å². The van der Waals surface area contributed by atoms with Crippen molar-refractivity contribution >= 4 is 20.0 Å². The van der Waals surface area contributed by atoms with Gasteiger partial charge in [-0.15, -0.1) is 0 Å². The summed E-state index contributed by atoms with van der Waals surface area (Å²) in [5, 5.41) is 0. The molecule has 1 fully saturated rings. The summed E-state index contributed by atoms with van der Waals surface area (Å²) in [5.41, 5.74) is 0. The number of rotatable bonds is 6. The highest BCUT2D eigenvalue weighted by Gasteiger charge is 2.33. The molecule has 0 atom stereocenters. The average molecular weight is 429 g/mol. The van der Waals surface area contributed by atoms with Crippen molar-refractivity contribution in [3.63, 3.8) is 0 Å². The second-order valence-corrected chi connectivity index (χ2v) is 10.0. The Morgan fingerprint density at radius 3 is 1.89 bits per heavy atom. The molecule has 1 aliphatic heterocycles.